The molecular weight excluding hydrogens is 264 g/mol. The van der Waals surface area contributed by atoms with Gasteiger partial charge in [0.05, 0.1) is 12.8 Å². The van der Waals surface area contributed by atoms with Gasteiger partial charge in [0.15, 0.2) is 5.69 Å². The summed E-state index contributed by atoms with van der Waals surface area (Å²) in [6.07, 6.45) is 1.42. The molecule has 0 aliphatic heterocycles. The molecule has 0 aromatic carbocycles. The van der Waals surface area contributed by atoms with E-state index in [2.05, 4.69) is 16.4 Å². The molecule has 2 N–H and O–H groups in total. The summed E-state index contributed by atoms with van der Waals surface area (Å²) in [6.45, 7) is 1.12. The molecule has 2 rings (SSSR count). The van der Waals surface area contributed by atoms with Crippen LogP contribution in [0, 0.1) is 0 Å². The highest BCUT2D eigenvalue weighted by molar-refractivity contribution is 7.09. The quantitative estimate of drug-likeness (QED) is 0.794. The first-order valence-corrected chi connectivity index (χ1v) is 6.87. The van der Waals surface area contributed by atoms with Gasteiger partial charge in [0, 0.05) is 24.3 Å². The van der Waals surface area contributed by atoms with Crippen LogP contribution in [0.15, 0.2) is 17.5 Å². The largest absolute Gasteiger partial charge is 0.464 e. The van der Waals surface area contributed by atoms with E-state index in [0.717, 1.165) is 12.1 Å². The minimum Gasteiger partial charge on any atom is -0.464 e. The highest BCUT2D eigenvalue weighted by atomic mass is 32.1. The van der Waals surface area contributed by atoms with Crippen molar-refractivity contribution >= 4 is 17.3 Å². The van der Waals surface area contributed by atoms with Gasteiger partial charge in [-0.3, -0.25) is 0 Å². The van der Waals surface area contributed by atoms with Gasteiger partial charge in [0.2, 0.25) is 0 Å². The smallest absolute Gasteiger partial charge is 0.360 e. The molecule has 0 atom stereocenters. The van der Waals surface area contributed by atoms with Crippen molar-refractivity contribution in [2.45, 2.75) is 19.4 Å². The average Bonchev–Trinajstić information content (AvgIpc) is 3.05. The standard InChI is InChI=1S/C12H16N4O2S/c1-18-12(17)11-10(4-6-13)16(15-14-11)7-5-9-3-2-8-19-9/h2-3,8H,4-7,13H2,1H3. The van der Waals surface area contributed by atoms with Crippen LogP contribution in [0.25, 0.3) is 0 Å². The molecule has 2 aromatic heterocycles. The molecule has 0 amide bonds. The van der Waals surface area contributed by atoms with Gasteiger partial charge in [0.1, 0.15) is 0 Å². The minimum atomic E-state index is -0.467. The van der Waals surface area contributed by atoms with Crippen molar-refractivity contribution in [1.82, 2.24) is 15.0 Å². The zero-order valence-corrected chi connectivity index (χ0v) is 11.5. The number of carbonyl (C=O) groups is 1. The monoisotopic (exact) mass is 280 g/mol. The zero-order valence-electron chi connectivity index (χ0n) is 10.7. The summed E-state index contributed by atoms with van der Waals surface area (Å²) in [5, 5.41) is 9.95. The minimum absolute atomic E-state index is 0.263. The number of carbonyl (C=O) groups excluding carboxylic acids is 1. The van der Waals surface area contributed by atoms with E-state index in [9.17, 15) is 4.79 Å². The second-order valence-corrected chi connectivity index (χ2v) is 5.00. The Hall–Kier alpha value is -1.73. The number of rotatable bonds is 6. The fraction of sp³-hybridized carbons (Fsp3) is 0.417. The molecule has 0 fully saturated rings. The third kappa shape index (κ3) is 3.18. The lowest BCUT2D eigenvalue weighted by Gasteiger charge is -2.05. The molecule has 0 aliphatic carbocycles. The van der Waals surface area contributed by atoms with Crippen molar-refractivity contribution in [2.75, 3.05) is 13.7 Å². The van der Waals surface area contributed by atoms with Crippen LogP contribution in [0.2, 0.25) is 0 Å². The van der Waals surface area contributed by atoms with E-state index in [-0.39, 0.29) is 5.69 Å². The maximum atomic E-state index is 11.6. The van der Waals surface area contributed by atoms with Gasteiger partial charge in [-0.1, -0.05) is 11.3 Å². The molecule has 0 bridgehead atoms. The molecule has 0 saturated heterocycles. The Labute approximate surface area is 115 Å². The number of esters is 1. The number of hydrogen-bond donors (Lipinski definition) is 1. The van der Waals surface area contributed by atoms with Gasteiger partial charge in [0.25, 0.3) is 0 Å². The van der Waals surface area contributed by atoms with Crippen LogP contribution in [0.1, 0.15) is 21.1 Å². The summed E-state index contributed by atoms with van der Waals surface area (Å²) in [5.74, 6) is -0.467. The van der Waals surface area contributed by atoms with E-state index >= 15 is 0 Å². The summed E-state index contributed by atoms with van der Waals surface area (Å²) < 4.78 is 6.43. The number of methoxy groups -OCH3 is 1. The van der Waals surface area contributed by atoms with Crippen molar-refractivity contribution in [1.29, 1.82) is 0 Å². The van der Waals surface area contributed by atoms with Crippen molar-refractivity contribution in [3.05, 3.63) is 33.8 Å². The number of aryl methyl sites for hydroxylation is 2. The van der Waals surface area contributed by atoms with E-state index < -0.39 is 5.97 Å². The molecule has 7 heteroatoms. The van der Waals surface area contributed by atoms with Crippen molar-refractivity contribution in [3.8, 4) is 0 Å². The summed E-state index contributed by atoms with van der Waals surface area (Å²) in [7, 11) is 1.33. The maximum Gasteiger partial charge on any atom is 0.360 e. The van der Waals surface area contributed by atoms with Gasteiger partial charge in [-0.25, -0.2) is 9.48 Å². The molecular formula is C12H16N4O2S. The van der Waals surface area contributed by atoms with Gasteiger partial charge >= 0.3 is 5.97 Å². The van der Waals surface area contributed by atoms with Crippen LogP contribution in [0.5, 0.6) is 0 Å². The summed E-state index contributed by atoms with van der Waals surface area (Å²) in [4.78, 5) is 12.9. The van der Waals surface area contributed by atoms with Crippen LogP contribution < -0.4 is 5.73 Å². The Morgan fingerprint density at radius 2 is 2.37 bits per heavy atom. The maximum absolute atomic E-state index is 11.6. The first kappa shape index (κ1) is 13.7. The molecule has 0 aliphatic rings. The molecule has 0 unspecified atom stereocenters. The van der Waals surface area contributed by atoms with E-state index in [1.165, 1.54) is 12.0 Å². The number of nitrogens with zero attached hydrogens (tertiary/aromatic N) is 3. The van der Waals surface area contributed by atoms with Gasteiger partial charge in [-0.2, -0.15) is 0 Å². The molecule has 19 heavy (non-hydrogen) atoms. The molecule has 2 aromatic rings. The lowest BCUT2D eigenvalue weighted by molar-refractivity contribution is 0.0592. The number of hydrogen-bond acceptors (Lipinski definition) is 6. The Balaban J connectivity index is 2.15. The first-order valence-electron chi connectivity index (χ1n) is 5.99. The molecule has 102 valence electrons. The van der Waals surface area contributed by atoms with Crippen LogP contribution in [0.3, 0.4) is 0 Å². The Bertz CT molecular complexity index is 536. The molecule has 0 spiro atoms. The summed E-state index contributed by atoms with van der Waals surface area (Å²) in [6, 6.07) is 4.09. The highest BCUT2D eigenvalue weighted by Gasteiger charge is 2.19. The third-order valence-electron chi connectivity index (χ3n) is 2.75. The Kier molecular flexibility index (Phi) is 4.64. The van der Waals surface area contributed by atoms with Crippen molar-refractivity contribution < 1.29 is 9.53 Å². The van der Waals surface area contributed by atoms with Crippen LogP contribution in [-0.2, 0) is 24.1 Å². The SMILES string of the molecule is COC(=O)c1nnn(CCc2cccs2)c1CCN. The summed E-state index contributed by atoms with van der Waals surface area (Å²) >= 11 is 1.70. The first-order chi connectivity index (χ1) is 9.26. The van der Waals surface area contributed by atoms with Crippen molar-refractivity contribution in [2.24, 2.45) is 5.73 Å². The molecule has 6 nitrogen and oxygen atoms in total. The lowest BCUT2D eigenvalue weighted by atomic mass is 10.2. The van der Waals surface area contributed by atoms with Crippen LogP contribution in [-0.4, -0.2) is 34.6 Å². The second-order valence-electron chi connectivity index (χ2n) is 3.97. The number of ether oxygens (including phenoxy) is 1. The van der Waals surface area contributed by atoms with Gasteiger partial charge in [-0.15, -0.1) is 16.4 Å². The average molecular weight is 280 g/mol. The van der Waals surface area contributed by atoms with Crippen LogP contribution in [0.4, 0.5) is 0 Å². The molecule has 0 radical (unpaired) electrons. The number of nitrogens with two attached hydrogens (primary N) is 1. The lowest BCUT2D eigenvalue weighted by Crippen LogP contribution is -2.15. The highest BCUT2D eigenvalue weighted by Crippen LogP contribution is 2.12. The molecule has 0 saturated carbocycles. The normalized spacial score (nSPS) is 10.6. The van der Waals surface area contributed by atoms with E-state index in [0.29, 0.717) is 19.5 Å². The van der Waals surface area contributed by atoms with Crippen LogP contribution >= 0.6 is 11.3 Å². The van der Waals surface area contributed by atoms with E-state index in [1.54, 1.807) is 16.0 Å². The number of thiophene rings is 1. The van der Waals surface area contributed by atoms with E-state index in [1.807, 2.05) is 11.4 Å². The fourth-order valence-electron chi connectivity index (χ4n) is 1.82. The van der Waals surface area contributed by atoms with Gasteiger partial charge in [-0.05, 0) is 18.0 Å². The summed E-state index contributed by atoms with van der Waals surface area (Å²) in [5.41, 5.74) is 6.58. The second kappa shape index (κ2) is 6.44. The van der Waals surface area contributed by atoms with Gasteiger partial charge < -0.3 is 10.5 Å². The topological polar surface area (TPSA) is 83.0 Å². The predicted octanol–water partition coefficient (Wildman–Crippen LogP) is 0.870. The van der Waals surface area contributed by atoms with E-state index in [4.69, 9.17) is 10.5 Å². The van der Waals surface area contributed by atoms with Crippen molar-refractivity contribution in [3.63, 3.8) is 0 Å². The Morgan fingerprint density at radius 1 is 1.53 bits per heavy atom. The Morgan fingerprint density at radius 3 is 3.00 bits per heavy atom. The number of aromatic nitrogens is 3. The zero-order chi connectivity index (χ0) is 13.7. The fourth-order valence-corrected chi connectivity index (χ4v) is 2.52. The third-order valence-corrected chi connectivity index (χ3v) is 3.68. The predicted molar refractivity (Wildman–Crippen MR) is 72.1 cm³/mol. The molecule has 2 heterocycles.